The van der Waals surface area contributed by atoms with Crippen LogP contribution in [0.15, 0.2) is 22.0 Å². The Hall–Kier alpha value is -1.75. The van der Waals surface area contributed by atoms with Crippen LogP contribution in [0.2, 0.25) is 0 Å². The SMILES string of the molecule is CCN=C1S/C(=C\c2cc3c(cc2C)N(C(C)C)C(C)(C)C[C@@H]3C)C(=O)N1CC. The van der Waals surface area contributed by atoms with Gasteiger partial charge in [0.15, 0.2) is 5.17 Å². The van der Waals surface area contributed by atoms with Gasteiger partial charge in [0, 0.05) is 30.4 Å². The number of hydrogen-bond acceptors (Lipinski definition) is 4. The largest absolute Gasteiger partial charge is 0.364 e. The third-order valence-corrected chi connectivity index (χ3v) is 7.01. The van der Waals surface area contributed by atoms with E-state index >= 15 is 0 Å². The molecule has 0 spiro atoms. The van der Waals surface area contributed by atoms with Crippen LogP contribution in [0.4, 0.5) is 5.69 Å². The summed E-state index contributed by atoms with van der Waals surface area (Å²) in [6.45, 7) is 19.1. The van der Waals surface area contributed by atoms with Gasteiger partial charge in [0.2, 0.25) is 0 Å². The van der Waals surface area contributed by atoms with Crippen molar-refractivity contribution in [2.24, 2.45) is 4.99 Å². The number of fused-ring (bicyclic) bond motifs is 1. The molecule has 0 aliphatic carbocycles. The van der Waals surface area contributed by atoms with Crippen molar-refractivity contribution in [2.75, 3.05) is 18.0 Å². The molecule has 0 saturated carbocycles. The Kier molecular flexibility index (Phi) is 6.19. The average Bonchev–Trinajstić information content (AvgIpc) is 2.90. The van der Waals surface area contributed by atoms with Gasteiger partial charge in [0.25, 0.3) is 5.91 Å². The molecule has 1 aromatic rings. The quantitative estimate of drug-likeness (QED) is 0.585. The Morgan fingerprint density at radius 3 is 2.59 bits per heavy atom. The van der Waals surface area contributed by atoms with E-state index in [4.69, 9.17) is 0 Å². The summed E-state index contributed by atoms with van der Waals surface area (Å²) < 4.78 is 0. The van der Waals surface area contributed by atoms with Gasteiger partial charge in [-0.2, -0.15) is 0 Å². The van der Waals surface area contributed by atoms with E-state index in [9.17, 15) is 4.79 Å². The Morgan fingerprint density at radius 1 is 1.31 bits per heavy atom. The fourth-order valence-corrected chi connectivity index (χ4v) is 6.02. The number of anilines is 1. The highest BCUT2D eigenvalue weighted by Gasteiger charge is 2.38. The molecule has 29 heavy (non-hydrogen) atoms. The van der Waals surface area contributed by atoms with Gasteiger partial charge >= 0.3 is 0 Å². The maximum absolute atomic E-state index is 12.9. The molecule has 4 nitrogen and oxygen atoms in total. The first kappa shape index (κ1) is 21.9. The Balaban J connectivity index is 2.06. The number of carbonyl (C=O) groups excluding carboxylic acids is 1. The number of likely N-dealkylation sites (N-methyl/N-ethyl adjacent to an activating group) is 1. The molecule has 2 aliphatic heterocycles. The molecule has 1 saturated heterocycles. The molecule has 0 bridgehead atoms. The number of thioether (sulfide) groups is 1. The molecule has 158 valence electrons. The minimum atomic E-state index is 0.0693. The van der Waals surface area contributed by atoms with Gasteiger partial charge in [-0.3, -0.25) is 14.7 Å². The predicted octanol–water partition coefficient (Wildman–Crippen LogP) is 5.81. The maximum Gasteiger partial charge on any atom is 0.266 e. The first-order valence-corrected chi connectivity index (χ1v) is 11.6. The summed E-state index contributed by atoms with van der Waals surface area (Å²) in [5, 5.41) is 0.822. The van der Waals surface area contributed by atoms with Gasteiger partial charge in [-0.25, -0.2) is 0 Å². The van der Waals surface area contributed by atoms with Crippen LogP contribution in [0.3, 0.4) is 0 Å². The van der Waals surface area contributed by atoms with E-state index in [1.54, 1.807) is 4.90 Å². The minimum absolute atomic E-state index is 0.0693. The fourth-order valence-electron chi connectivity index (χ4n) is 4.93. The number of amidine groups is 1. The molecule has 0 radical (unpaired) electrons. The summed E-state index contributed by atoms with van der Waals surface area (Å²) in [5.41, 5.74) is 5.22. The molecule has 0 aromatic heterocycles. The molecule has 0 unspecified atom stereocenters. The molecule has 2 aliphatic rings. The Bertz CT molecular complexity index is 869. The normalized spacial score (nSPS) is 24.2. The van der Waals surface area contributed by atoms with Crippen LogP contribution in [0.5, 0.6) is 0 Å². The second kappa shape index (κ2) is 8.17. The number of hydrogen-bond donors (Lipinski definition) is 0. The van der Waals surface area contributed by atoms with E-state index in [0.717, 1.165) is 22.1 Å². The van der Waals surface area contributed by atoms with Gasteiger partial charge in [-0.05, 0) is 107 Å². The van der Waals surface area contributed by atoms with E-state index in [0.29, 0.717) is 25.0 Å². The summed E-state index contributed by atoms with van der Waals surface area (Å²) >= 11 is 1.50. The van der Waals surface area contributed by atoms with Crippen molar-refractivity contribution >= 4 is 34.6 Å². The van der Waals surface area contributed by atoms with Crippen molar-refractivity contribution in [3.05, 3.63) is 33.7 Å². The third-order valence-electron chi connectivity index (χ3n) is 5.96. The Labute approximate surface area is 180 Å². The lowest BCUT2D eigenvalue weighted by Gasteiger charge is -2.50. The van der Waals surface area contributed by atoms with E-state index in [2.05, 4.69) is 69.6 Å². The van der Waals surface area contributed by atoms with Gasteiger partial charge < -0.3 is 4.90 Å². The molecule has 2 heterocycles. The highest BCUT2D eigenvalue weighted by Crippen LogP contribution is 2.46. The second-order valence-electron chi connectivity index (χ2n) is 9.07. The highest BCUT2D eigenvalue weighted by atomic mass is 32.2. The van der Waals surface area contributed by atoms with Crippen molar-refractivity contribution < 1.29 is 4.79 Å². The lowest BCUT2D eigenvalue weighted by molar-refractivity contribution is -0.122. The number of rotatable bonds is 4. The molecular weight excluding hydrogens is 378 g/mol. The summed E-state index contributed by atoms with van der Waals surface area (Å²) in [4.78, 5) is 22.5. The zero-order valence-electron chi connectivity index (χ0n) is 19.2. The van der Waals surface area contributed by atoms with Gasteiger partial charge in [0.05, 0.1) is 4.91 Å². The minimum Gasteiger partial charge on any atom is -0.364 e. The summed E-state index contributed by atoms with van der Waals surface area (Å²) in [5.74, 6) is 0.559. The summed E-state index contributed by atoms with van der Waals surface area (Å²) in [7, 11) is 0. The highest BCUT2D eigenvalue weighted by molar-refractivity contribution is 8.18. The van der Waals surface area contributed by atoms with E-state index in [1.165, 1.54) is 28.6 Å². The zero-order valence-corrected chi connectivity index (χ0v) is 20.0. The molecule has 0 N–H and O–H groups in total. The van der Waals surface area contributed by atoms with Crippen molar-refractivity contribution in [2.45, 2.75) is 79.3 Å². The number of aliphatic imine (C=N–C) groups is 1. The fraction of sp³-hybridized carbons (Fsp3) is 0.583. The van der Waals surface area contributed by atoms with Crippen molar-refractivity contribution in [1.29, 1.82) is 0 Å². The molecule has 3 rings (SSSR count). The third kappa shape index (κ3) is 3.98. The van der Waals surface area contributed by atoms with E-state index < -0.39 is 0 Å². The number of carbonyl (C=O) groups is 1. The van der Waals surface area contributed by atoms with Crippen LogP contribution in [-0.2, 0) is 4.79 Å². The van der Waals surface area contributed by atoms with E-state index in [1.807, 2.05) is 13.8 Å². The van der Waals surface area contributed by atoms with Crippen LogP contribution >= 0.6 is 11.8 Å². The second-order valence-corrected chi connectivity index (χ2v) is 10.1. The van der Waals surface area contributed by atoms with Gasteiger partial charge in [-0.1, -0.05) is 6.92 Å². The molecule has 1 atom stereocenters. The number of amides is 1. The monoisotopic (exact) mass is 413 g/mol. The van der Waals surface area contributed by atoms with Crippen molar-refractivity contribution in [3.8, 4) is 0 Å². The first-order valence-electron chi connectivity index (χ1n) is 10.8. The summed E-state index contributed by atoms with van der Waals surface area (Å²) in [6.07, 6.45) is 3.19. The first-order chi connectivity index (χ1) is 13.6. The van der Waals surface area contributed by atoms with Gasteiger partial charge in [-0.15, -0.1) is 0 Å². The van der Waals surface area contributed by atoms with Crippen molar-refractivity contribution in [3.63, 3.8) is 0 Å². The average molecular weight is 414 g/mol. The summed E-state index contributed by atoms with van der Waals surface area (Å²) in [6, 6.07) is 5.08. The maximum atomic E-state index is 12.9. The van der Waals surface area contributed by atoms with Crippen LogP contribution in [-0.4, -0.2) is 40.6 Å². The molecular formula is C24H35N3OS. The Morgan fingerprint density at radius 2 is 2.00 bits per heavy atom. The topological polar surface area (TPSA) is 35.9 Å². The van der Waals surface area contributed by atoms with Crippen LogP contribution in [0, 0.1) is 6.92 Å². The lowest BCUT2D eigenvalue weighted by Crippen LogP contribution is -2.51. The lowest BCUT2D eigenvalue weighted by atomic mass is 9.78. The number of benzene rings is 1. The molecule has 1 amide bonds. The predicted molar refractivity (Wildman–Crippen MR) is 127 cm³/mol. The van der Waals surface area contributed by atoms with E-state index in [-0.39, 0.29) is 11.4 Å². The molecule has 1 aromatic carbocycles. The van der Waals surface area contributed by atoms with Gasteiger partial charge in [0.1, 0.15) is 0 Å². The smallest absolute Gasteiger partial charge is 0.266 e. The number of nitrogens with zero attached hydrogens (tertiary/aromatic N) is 3. The van der Waals surface area contributed by atoms with Crippen LogP contribution < -0.4 is 4.90 Å². The molecule has 1 fully saturated rings. The van der Waals surface area contributed by atoms with Crippen LogP contribution in [0.1, 0.15) is 77.5 Å². The van der Waals surface area contributed by atoms with Crippen LogP contribution in [0.25, 0.3) is 6.08 Å². The standard InChI is InChI=1S/C24H35N3OS/c1-9-25-23-26(10-2)22(28)21(29-23)13-18-12-19-17(6)14-24(7,8)27(15(3)4)20(19)11-16(18)5/h11-13,15,17H,9-10,14H2,1-8H3/b21-13-,25-23?/t17-/m0/s1. The number of aryl methyl sites for hydroxylation is 1. The molecule has 5 heteroatoms. The van der Waals surface area contributed by atoms with Crippen molar-refractivity contribution in [1.82, 2.24) is 4.90 Å². The zero-order chi connectivity index (χ0) is 21.5.